The number of halogens is 3. The number of carbonyl (C=O) groups excluding carboxylic acids is 1. The minimum atomic E-state index is -4.55. The second-order valence-electron chi connectivity index (χ2n) is 4.40. The number of aromatic nitrogens is 1. The largest absolute Gasteiger partial charge is 0.418 e. The molecule has 0 bridgehead atoms. The van der Waals surface area contributed by atoms with Crippen molar-refractivity contribution >= 4 is 17.3 Å². The molecule has 1 aromatic heterocycles. The van der Waals surface area contributed by atoms with Gasteiger partial charge in [0.2, 0.25) is 0 Å². The summed E-state index contributed by atoms with van der Waals surface area (Å²) in [5.41, 5.74) is 5.09. The topological polar surface area (TPSA) is 68.0 Å². The SMILES string of the molecule is Cc1ncc(N)cc1C(=O)Nc1ccccc1C(F)(F)F. The van der Waals surface area contributed by atoms with Gasteiger partial charge >= 0.3 is 6.18 Å². The molecule has 3 N–H and O–H groups in total. The van der Waals surface area contributed by atoms with E-state index in [0.29, 0.717) is 5.69 Å². The van der Waals surface area contributed by atoms with E-state index in [4.69, 9.17) is 5.73 Å². The van der Waals surface area contributed by atoms with Gasteiger partial charge in [0.1, 0.15) is 0 Å². The number of nitrogens with two attached hydrogens (primary N) is 1. The van der Waals surface area contributed by atoms with Crippen molar-refractivity contribution in [3.8, 4) is 0 Å². The molecule has 0 unspecified atom stereocenters. The minimum absolute atomic E-state index is 0.131. The first-order valence-corrected chi connectivity index (χ1v) is 5.98. The van der Waals surface area contributed by atoms with Crippen LogP contribution in [0, 0.1) is 6.92 Å². The lowest BCUT2D eigenvalue weighted by molar-refractivity contribution is -0.136. The summed E-state index contributed by atoms with van der Waals surface area (Å²) in [6, 6.07) is 6.13. The number of para-hydroxylation sites is 1. The molecule has 21 heavy (non-hydrogen) atoms. The lowest BCUT2D eigenvalue weighted by Crippen LogP contribution is -2.18. The maximum atomic E-state index is 12.9. The van der Waals surface area contributed by atoms with Gasteiger partial charge in [0.15, 0.2) is 0 Å². The molecule has 1 aromatic carbocycles. The van der Waals surface area contributed by atoms with Gasteiger partial charge < -0.3 is 11.1 Å². The van der Waals surface area contributed by atoms with Crippen molar-refractivity contribution in [3.63, 3.8) is 0 Å². The summed E-state index contributed by atoms with van der Waals surface area (Å²) in [6.07, 6.45) is -3.18. The minimum Gasteiger partial charge on any atom is -0.397 e. The Balaban J connectivity index is 2.35. The highest BCUT2D eigenvalue weighted by atomic mass is 19.4. The van der Waals surface area contributed by atoms with Crippen molar-refractivity contribution in [2.24, 2.45) is 0 Å². The van der Waals surface area contributed by atoms with E-state index in [2.05, 4.69) is 10.3 Å². The van der Waals surface area contributed by atoms with E-state index in [1.165, 1.54) is 30.5 Å². The molecule has 0 atom stereocenters. The van der Waals surface area contributed by atoms with Crippen LogP contribution in [0.4, 0.5) is 24.5 Å². The summed E-state index contributed by atoms with van der Waals surface area (Å²) in [5.74, 6) is -0.691. The Morgan fingerprint density at radius 1 is 1.29 bits per heavy atom. The molecule has 0 spiro atoms. The Kier molecular flexibility index (Phi) is 3.84. The normalized spacial score (nSPS) is 11.2. The number of nitrogens with zero attached hydrogens (tertiary/aromatic N) is 1. The summed E-state index contributed by atoms with van der Waals surface area (Å²) in [7, 11) is 0. The highest BCUT2D eigenvalue weighted by Crippen LogP contribution is 2.34. The lowest BCUT2D eigenvalue weighted by Gasteiger charge is -2.14. The number of anilines is 2. The Labute approximate surface area is 118 Å². The Hall–Kier alpha value is -2.57. The van der Waals surface area contributed by atoms with Gasteiger partial charge in [-0.2, -0.15) is 13.2 Å². The van der Waals surface area contributed by atoms with E-state index < -0.39 is 17.6 Å². The van der Waals surface area contributed by atoms with Crippen LogP contribution in [0.5, 0.6) is 0 Å². The van der Waals surface area contributed by atoms with Crippen LogP contribution < -0.4 is 11.1 Å². The van der Waals surface area contributed by atoms with E-state index in [9.17, 15) is 18.0 Å². The molecule has 7 heteroatoms. The van der Waals surface area contributed by atoms with E-state index >= 15 is 0 Å². The zero-order valence-electron chi connectivity index (χ0n) is 11.0. The summed E-state index contributed by atoms with van der Waals surface area (Å²) in [4.78, 5) is 16.0. The Morgan fingerprint density at radius 2 is 1.95 bits per heavy atom. The van der Waals surface area contributed by atoms with E-state index in [-0.39, 0.29) is 16.9 Å². The smallest absolute Gasteiger partial charge is 0.397 e. The number of aryl methyl sites for hydroxylation is 1. The first-order valence-electron chi connectivity index (χ1n) is 5.98. The summed E-state index contributed by atoms with van der Waals surface area (Å²) in [6.45, 7) is 1.57. The average molecular weight is 295 g/mol. The molecule has 1 amide bonds. The fourth-order valence-corrected chi connectivity index (χ4v) is 1.81. The van der Waals surface area contributed by atoms with Crippen molar-refractivity contribution in [1.29, 1.82) is 0 Å². The maximum Gasteiger partial charge on any atom is 0.418 e. The molecule has 0 aliphatic heterocycles. The van der Waals surface area contributed by atoms with Gasteiger partial charge in [-0.1, -0.05) is 12.1 Å². The van der Waals surface area contributed by atoms with Crippen molar-refractivity contribution in [3.05, 3.63) is 53.3 Å². The number of rotatable bonds is 2. The van der Waals surface area contributed by atoms with Crippen LogP contribution in [0.15, 0.2) is 36.5 Å². The van der Waals surface area contributed by atoms with Crippen LogP contribution in [0.2, 0.25) is 0 Å². The van der Waals surface area contributed by atoms with Gasteiger partial charge in [0.05, 0.1) is 34.4 Å². The quantitative estimate of drug-likeness (QED) is 0.893. The second-order valence-corrected chi connectivity index (χ2v) is 4.40. The fraction of sp³-hybridized carbons (Fsp3) is 0.143. The van der Waals surface area contributed by atoms with Crippen LogP contribution in [0.3, 0.4) is 0 Å². The van der Waals surface area contributed by atoms with Crippen molar-refractivity contribution < 1.29 is 18.0 Å². The fourth-order valence-electron chi connectivity index (χ4n) is 1.81. The molecule has 110 valence electrons. The number of carbonyl (C=O) groups is 1. The van der Waals surface area contributed by atoms with E-state index in [1.54, 1.807) is 6.92 Å². The number of amides is 1. The summed E-state index contributed by atoms with van der Waals surface area (Å²) >= 11 is 0. The Morgan fingerprint density at radius 3 is 2.62 bits per heavy atom. The zero-order chi connectivity index (χ0) is 15.6. The number of hydrogen-bond donors (Lipinski definition) is 2. The molecule has 4 nitrogen and oxygen atoms in total. The molecule has 0 saturated heterocycles. The molecule has 0 saturated carbocycles. The first kappa shape index (κ1) is 14.8. The number of alkyl halides is 3. The molecular weight excluding hydrogens is 283 g/mol. The van der Waals surface area contributed by atoms with Gasteiger partial charge in [-0.25, -0.2) is 0 Å². The van der Waals surface area contributed by atoms with Crippen LogP contribution >= 0.6 is 0 Å². The molecular formula is C14H12F3N3O. The highest BCUT2D eigenvalue weighted by Gasteiger charge is 2.33. The summed E-state index contributed by atoms with van der Waals surface area (Å²) < 4.78 is 38.6. The van der Waals surface area contributed by atoms with Gasteiger partial charge in [-0.15, -0.1) is 0 Å². The number of hydrogen-bond acceptors (Lipinski definition) is 3. The van der Waals surface area contributed by atoms with Crippen LogP contribution in [0.25, 0.3) is 0 Å². The number of pyridine rings is 1. The van der Waals surface area contributed by atoms with Gasteiger partial charge in [0, 0.05) is 0 Å². The third-order valence-corrected chi connectivity index (χ3v) is 2.83. The standard InChI is InChI=1S/C14H12F3N3O/c1-8-10(6-9(18)7-19-8)13(21)20-12-5-3-2-4-11(12)14(15,16)17/h2-7H,18H2,1H3,(H,20,21). The predicted octanol–water partition coefficient (Wildman–Crippen LogP) is 3.24. The van der Waals surface area contributed by atoms with Crippen molar-refractivity contribution in [2.45, 2.75) is 13.1 Å². The second kappa shape index (κ2) is 5.43. The van der Waals surface area contributed by atoms with Crippen LogP contribution in [-0.4, -0.2) is 10.9 Å². The lowest BCUT2D eigenvalue weighted by atomic mass is 10.1. The molecule has 0 fully saturated rings. The Bertz CT molecular complexity index is 683. The third kappa shape index (κ3) is 3.31. The number of nitrogen functional groups attached to an aromatic ring is 1. The van der Waals surface area contributed by atoms with Crippen molar-refractivity contribution in [1.82, 2.24) is 4.98 Å². The zero-order valence-corrected chi connectivity index (χ0v) is 11.0. The molecule has 0 aliphatic carbocycles. The van der Waals surface area contributed by atoms with Gasteiger partial charge in [-0.05, 0) is 25.1 Å². The molecule has 2 rings (SSSR count). The number of benzene rings is 1. The van der Waals surface area contributed by atoms with Crippen LogP contribution in [0.1, 0.15) is 21.6 Å². The van der Waals surface area contributed by atoms with E-state index in [0.717, 1.165) is 6.07 Å². The molecule has 2 aromatic rings. The summed E-state index contributed by atoms with van der Waals surface area (Å²) in [5, 5.41) is 2.25. The monoisotopic (exact) mass is 295 g/mol. The third-order valence-electron chi connectivity index (χ3n) is 2.83. The number of nitrogens with one attached hydrogen (secondary N) is 1. The predicted molar refractivity (Wildman–Crippen MR) is 72.8 cm³/mol. The van der Waals surface area contributed by atoms with E-state index in [1.807, 2.05) is 0 Å². The van der Waals surface area contributed by atoms with Crippen molar-refractivity contribution in [2.75, 3.05) is 11.1 Å². The molecule has 1 heterocycles. The molecule has 0 radical (unpaired) electrons. The molecule has 0 aliphatic rings. The van der Waals surface area contributed by atoms with Gasteiger partial charge in [0.25, 0.3) is 5.91 Å². The highest BCUT2D eigenvalue weighted by molar-refractivity contribution is 6.05. The average Bonchev–Trinajstić information content (AvgIpc) is 2.41. The first-order chi connectivity index (χ1) is 9.79. The maximum absolute atomic E-state index is 12.9. The van der Waals surface area contributed by atoms with Crippen LogP contribution in [-0.2, 0) is 6.18 Å². The van der Waals surface area contributed by atoms with Gasteiger partial charge in [-0.3, -0.25) is 9.78 Å².